The normalized spacial score (nSPS) is 14.5. The molecule has 0 spiro atoms. The summed E-state index contributed by atoms with van der Waals surface area (Å²) in [6, 6.07) is 5.66. The number of benzene rings is 1. The fraction of sp³-hybridized carbons (Fsp3) is 0.250. The van der Waals surface area contributed by atoms with Crippen molar-refractivity contribution in [2.45, 2.75) is 12.6 Å². The third-order valence-corrected chi connectivity index (χ3v) is 2.96. The van der Waals surface area contributed by atoms with E-state index in [0.29, 0.717) is 17.0 Å². The molecular weight excluding hydrogens is 406 g/mol. The predicted octanol–water partition coefficient (Wildman–Crippen LogP) is 4.42. The first-order chi connectivity index (χ1) is 10.8. The molecule has 0 N–H and O–H groups in total. The van der Waals surface area contributed by atoms with Crippen LogP contribution in [0, 0.1) is 6.08 Å². The molecule has 8 heteroatoms. The number of allylic oxidation sites excluding steroid dienone is 3. The molecule has 0 bridgehead atoms. The molecule has 1 aromatic rings. The zero-order valence-electron chi connectivity index (χ0n) is 12.5. The third kappa shape index (κ3) is 6.02. The Morgan fingerprint density at radius 2 is 1.79 bits per heavy atom. The van der Waals surface area contributed by atoms with E-state index in [-0.39, 0.29) is 38.5 Å². The van der Waals surface area contributed by atoms with Crippen molar-refractivity contribution in [3.05, 3.63) is 60.3 Å². The Labute approximate surface area is 161 Å². The van der Waals surface area contributed by atoms with E-state index in [1.54, 1.807) is 12.2 Å². The summed E-state index contributed by atoms with van der Waals surface area (Å²) in [6.45, 7) is 1.76. The van der Waals surface area contributed by atoms with E-state index in [4.69, 9.17) is 0 Å². The molecule has 1 aliphatic rings. The molecule has 0 saturated carbocycles. The summed E-state index contributed by atoms with van der Waals surface area (Å²) >= 11 is 0. The number of rotatable bonds is 5. The van der Waals surface area contributed by atoms with Crippen LogP contribution in [0.2, 0.25) is 0 Å². The quantitative estimate of drug-likeness (QED) is 0.518. The number of hydrogen-bond donors (Lipinski definition) is 0. The summed E-state index contributed by atoms with van der Waals surface area (Å²) in [6.07, 6.45) is -1.05. The summed E-state index contributed by atoms with van der Waals surface area (Å²) in [5.74, 6) is 0.0391. The second kappa shape index (κ2) is 8.76. The number of ether oxygens (including phenoxy) is 1. The van der Waals surface area contributed by atoms with Crippen LogP contribution in [-0.2, 0) is 32.7 Å². The molecule has 0 aliphatic carbocycles. The fourth-order valence-electron chi connectivity index (χ4n) is 1.99. The van der Waals surface area contributed by atoms with Crippen molar-refractivity contribution in [2.24, 2.45) is 0 Å². The van der Waals surface area contributed by atoms with E-state index in [2.05, 4.69) is 17.4 Å². The Balaban J connectivity index is 0.00000288. The smallest absolute Gasteiger partial charge is 0.422 e. The van der Waals surface area contributed by atoms with Gasteiger partial charge < -0.3 is 9.64 Å². The Bertz CT molecular complexity index is 622. The molecule has 0 fully saturated rings. The maximum absolute atomic E-state index is 12.7. The van der Waals surface area contributed by atoms with Crippen molar-refractivity contribution in [3.63, 3.8) is 0 Å². The van der Waals surface area contributed by atoms with E-state index in [1.807, 2.05) is 0 Å². The van der Waals surface area contributed by atoms with E-state index in [0.717, 1.165) is 0 Å². The molecule has 127 valence electrons. The average Bonchev–Trinajstić information content (AvgIpc) is 2.47. The topological polar surface area (TPSA) is 12.5 Å². The van der Waals surface area contributed by atoms with Crippen LogP contribution in [0.25, 0.3) is 5.70 Å². The van der Waals surface area contributed by atoms with Gasteiger partial charge in [0.2, 0.25) is 0 Å². The minimum absolute atomic E-state index is 0. The van der Waals surface area contributed by atoms with Gasteiger partial charge in [-0.3, -0.25) is 0 Å². The van der Waals surface area contributed by atoms with Gasteiger partial charge in [-0.2, -0.15) is 25.3 Å². The molecule has 1 aliphatic heterocycles. The van der Waals surface area contributed by atoms with Gasteiger partial charge >= 0.3 is 6.18 Å². The molecule has 24 heavy (non-hydrogen) atoms. The van der Waals surface area contributed by atoms with Crippen LogP contribution in [0.3, 0.4) is 0 Å². The van der Waals surface area contributed by atoms with Crippen molar-refractivity contribution >= 4 is 5.70 Å². The summed E-state index contributed by atoms with van der Waals surface area (Å²) in [7, 11) is 0. The molecule has 2 rings (SSSR count). The monoisotopic (exact) mass is 419 g/mol. The van der Waals surface area contributed by atoms with Crippen LogP contribution in [0.4, 0.5) is 22.0 Å². The summed E-state index contributed by atoms with van der Waals surface area (Å²) in [5, 5.41) is 0. The minimum atomic E-state index is -4.42. The molecule has 0 aromatic heterocycles. The van der Waals surface area contributed by atoms with Gasteiger partial charge in [-0.05, 0) is 17.8 Å². The van der Waals surface area contributed by atoms with Gasteiger partial charge in [-0.25, -0.2) is 8.78 Å². The molecule has 1 aromatic carbocycles. The number of hydrogen-bond acceptors (Lipinski definition) is 2. The van der Waals surface area contributed by atoms with Crippen LogP contribution < -0.4 is 4.74 Å². The maximum Gasteiger partial charge on any atom is 0.422 e. The average molecular weight is 419 g/mol. The Kier molecular flexibility index (Phi) is 7.61. The van der Waals surface area contributed by atoms with Crippen molar-refractivity contribution < 1.29 is 59.4 Å². The van der Waals surface area contributed by atoms with E-state index < -0.39 is 25.8 Å². The van der Waals surface area contributed by atoms with E-state index >= 15 is 0 Å². The maximum atomic E-state index is 12.7. The zero-order valence-corrected chi connectivity index (χ0v) is 15.3. The van der Waals surface area contributed by atoms with Gasteiger partial charge in [0.1, 0.15) is 5.75 Å². The van der Waals surface area contributed by atoms with Crippen LogP contribution in [0.5, 0.6) is 5.75 Å². The van der Waals surface area contributed by atoms with E-state index in [1.165, 1.54) is 29.2 Å². The van der Waals surface area contributed by atoms with Crippen LogP contribution in [0.15, 0.2) is 48.7 Å². The molecular formula is C16H13F5NOY-. The van der Waals surface area contributed by atoms with Crippen molar-refractivity contribution in [3.8, 4) is 5.75 Å². The first kappa shape index (κ1) is 20.8. The second-order valence-electron chi connectivity index (χ2n) is 4.75. The van der Waals surface area contributed by atoms with Crippen LogP contribution in [-0.4, -0.2) is 30.7 Å². The minimum Gasteiger partial charge on any atom is -0.484 e. The number of nitrogens with zero attached hydrogens (tertiary/aromatic N) is 1. The number of alkyl halides is 5. The van der Waals surface area contributed by atoms with E-state index in [9.17, 15) is 22.0 Å². The standard InChI is InChI=1S/C16H13F5NO.Y/c1-11-3-2-4-14(22(11)9-15(17)18)12-5-7-13(8-6-12)23-10-16(19,20)21;/h2-3,5-8,15H,1,9-10H2;/q-1;. The molecule has 0 saturated heterocycles. The van der Waals surface area contributed by atoms with Gasteiger partial charge in [0.25, 0.3) is 6.43 Å². The van der Waals surface area contributed by atoms with Gasteiger partial charge in [-0.1, -0.05) is 17.8 Å². The molecule has 0 unspecified atom stereocenters. The Morgan fingerprint density at radius 3 is 2.33 bits per heavy atom. The van der Waals surface area contributed by atoms with Gasteiger partial charge in [0.05, 0.1) is 6.54 Å². The largest absolute Gasteiger partial charge is 0.484 e. The molecule has 0 atom stereocenters. The zero-order chi connectivity index (χ0) is 17.0. The first-order valence-corrected chi connectivity index (χ1v) is 6.61. The summed E-state index contributed by atoms with van der Waals surface area (Å²) < 4.78 is 66.3. The third-order valence-electron chi connectivity index (χ3n) is 2.96. The van der Waals surface area contributed by atoms with Gasteiger partial charge in [-0.15, -0.1) is 18.2 Å². The predicted molar refractivity (Wildman–Crippen MR) is 75.6 cm³/mol. The molecule has 2 nitrogen and oxygen atoms in total. The van der Waals surface area contributed by atoms with Crippen LogP contribution in [0.1, 0.15) is 5.56 Å². The van der Waals surface area contributed by atoms with Gasteiger partial charge in [0, 0.05) is 32.7 Å². The molecule has 1 radical (unpaired) electrons. The number of halogens is 5. The molecule has 1 heterocycles. The van der Waals surface area contributed by atoms with Crippen molar-refractivity contribution in [1.82, 2.24) is 4.90 Å². The second-order valence-corrected chi connectivity index (χ2v) is 4.75. The SMILES string of the molecule is C=C1C=C[C-]=C(c2ccc(OCC(F)(F)F)cc2)N1CC(F)F.[Y]. The fourth-order valence-corrected chi connectivity index (χ4v) is 1.99. The Morgan fingerprint density at radius 1 is 1.17 bits per heavy atom. The Hall–Kier alpha value is -1.21. The van der Waals surface area contributed by atoms with Gasteiger partial charge in [0.15, 0.2) is 6.61 Å². The van der Waals surface area contributed by atoms with Crippen LogP contribution >= 0.6 is 0 Å². The molecule has 0 amide bonds. The van der Waals surface area contributed by atoms with Crippen molar-refractivity contribution in [2.75, 3.05) is 13.2 Å². The first-order valence-electron chi connectivity index (χ1n) is 6.61. The summed E-state index contributed by atoms with van der Waals surface area (Å²) in [4.78, 5) is 1.30. The summed E-state index contributed by atoms with van der Waals surface area (Å²) in [5.41, 5.74) is 1.28. The van der Waals surface area contributed by atoms with Crippen molar-refractivity contribution in [1.29, 1.82) is 0 Å².